The number of hydrogen-bond donors (Lipinski definition) is 1. The first-order chi connectivity index (χ1) is 15.9. The van der Waals surface area contributed by atoms with Crippen molar-refractivity contribution >= 4 is 16.1 Å². The summed E-state index contributed by atoms with van der Waals surface area (Å²) in [7, 11) is -4.23. The number of amides is 2. The molecule has 0 radical (unpaired) electrons. The molecule has 0 saturated heterocycles. The summed E-state index contributed by atoms with van der Waals surface area (Å²) in [5, 5.41) is 2.89. The fourth-order valence-electron chi connectivity index (χ4n) is 3.10. The fourth-order valence-corrected chi connectivity index (χ4v) is 4.06. The molecule has 0 aromatic heterocycles. The van der Waals surface area contributed by atoms with Crippen molar-refractivity contribution in [3.8, 4) is 5.75 Å². The SMILES string of the molecule is CC(C)(C)NC(=O)N(Cc1ccc(F)cc1)Cc1ccccc1OS(=O)(=O)c1ccc(F)cc1. The summed E-state index contributed by atoms with van der Waals surface area (Å²) in [6, 6.07) is 16.1. The fraction of sp³-hybridized carbons (Fsp3) is 0.240. The van der Waals surface area contributed by atoms with Crippen LogP contribution in [0.15, 0.2) is 77.7 Å². The molecular weight excluding hydrogens is 462 g/mol. The number of para-hydroxylation sites is 1. The maximum absolute atomic E-state index is 13.3. The van der Waals surface area contributed by atoms with Crippen LogP contribution in [0.3, 0.4) is 0 Å². The van der Waals surface area contributed by atoms with Gasteiger partial charge in [0.2, 0.25) is 0 Å². The van der Waals surface area contributed by atoms with E-state index in [0.717, 1.165) is 24.3 Å². The van der Waals surface area contributed by atoms with Gasteiger partial charge in [0.15, 0.2) is 0 Å². The minimum absolute atomic E-state index is 0.0222. The molecule has 3 rings (SSSR count). The van der Waals surface area contributed by atoms with E-state index in [2.05, 4.69) is 5.32 Å². The van der Waals surface area contributed by atoms with Gasteiger partial charge < -0.3 is 14.4 Å². The minimum Gasteiger partial charge on any atom is -0.379 e. The van der Waals surface area contributed by atoms with Crippen LogP contribution in [0.1, 0.15) is 31.9 Å². The Morgan fingerprint density at radius 2 is 1.44 bits per heavy atom. The van der Waals surface area contributed by atoms with Crippen LogP contribution in [0.4, 0.5) is 13.6 Å². The van der Waals surface area contributed by atoms with E-state index in [0.29, 0.717) is 11.1 Å². The summed E-state index contributed by atoms with van der Waals surface area (Å²) >= 11 is 0. The van der Waals surface area contributed by atoms with E-state index in [1.165, 1.54) is 23.1 Å². The molecule has 0 unspecified atom stereocenters. The lowest BCUT2D eigenvalue weighted by molar-refractivity contribution is 0.183. The zero-order chi connectivity index (χ0) is 24.9. The second-order valence-corrected chi connectivity index (χ2v) is 10.3. The van der Waals surface area contributed by atoms with E-state index in [4.69, 9.17) is 4.18 Å². The van der Waals surface area contributed by atoms with Gasteiger partial charge in [-0.15, -0.1) is 0 Å². The maximum atomic E-state index is 13.3. The molecule has 0 aliphatic rings. The lowest BCUT2D eigenvalue weighted by Crippen LogP contribution is -2.48. The second kappa shape index (κ2) is 10.2. The molecule has 0 saturated carbocycles. The highest BCUT2D eigenvalue weighted by atomic mass is 32.2. The molecule has 3 aromatic carbocycles. The van der Waals surface area contributed by atoms with Gasteiger partial charge in [-0.3, -0.25) is 0 Å². The van der Waals surface area contributed by atoms with Crippen molar-refractivity contribution < 1.29 is 26.2 Å². The summed E-state index contributed by atoms with van der Waals surface area (Å²) in [5.41, 5.74) is 0.627. The molecule has 0 fully saturated rings. The van der Waals surface area contributed by atoms with Gasteiger partial charge in [-0.1, -0.05) is 30.3 Å². The van der Waals surface area contributed by atoms with E-state index < -0.39 is 21.5 Å². The molecule has 0 bridgehead atoms. The molecule has 1 N–H and O–H groups in total. The second-order valence-electron chi connectivity index (χ2n) is 8.76. The smallest absolute Gasteiger partial charge is 0.339 e. The average molecular weight is 489 g/mol. The number of halogens is 2. The van der Waals surface area contributed by atoms with Crippen LogP contribution < -0.4 is 9.50 Å². The standard InChI is InChI=1S/C25H26F2N2O4S/c1-25(2,3)28-24(30)29(16-18-8-10-20(26)11-9-18)17-19-6-4-5-7-23(19)33-34(31,32)22-14-12-21(27)13-15-22/h4-15H,16-17H2,1-3H3,(H,28,30). The number of nitrogens with zero attached hydrogens (tertiary/aromatic N) is 1. The Labute approximate surface area is 198 Å². The van der Waals surface area contributed by atoms with Crippen LogP contribution in [-0.4, -0.2) is 24.9 Å². The van der Waals surface area contributed by atoms with Crippen LogP contribution in [0, 0.1) is 11.6 Å². The zero-order valence-electron chi connectivity index (χ0n) is 19.1. The van der Waals surface area contributed by atoms with E-state index in [1.807, 2.05) is 20.8 Å². The van der Waals surface area contributed by atoms with Crippen molar-refractivity contribution in [2.24, 2.45) is 0 Å². The van der Waals surface area contributed by atoms with Crippen molar-refractivity contribution in [3.63, 3.8) is 0 Å². The number of rotatable bonds is 7. The monoisotopic (exact) mass is 488 g/mol. The predicted octanol–water partition coefficient (Wildman–Crippen LogP) is 5.24. The first kappa shape index (κ1) is 25.2. The van der Waals surface area contributed by atoms with Crippen LogP contribution in [0.25, 0.3) is 0 Å². The van der Waals surface area contributed by atoms with E-state index in [1.54, 1.807) is 30.3 Å². The van der Waals surface area contributed by atoms with Gasteiger partial charge in [0.1, 0.15) is 22.3 Å². The van der Waals surface area contributed by atoms with Gasteiger partial charge in [-0.2, -0.15) is 8.42 Å². The molecule has 6 nitrogen and oxygen atoms in total. The van der Waals surface area contributed by atoms with Gasteiger partial charge in [0.25, 0.3) is 0 Å². The molecule has 0 spiro atoms. The number of hydrogen-bond acceptors (Lipinski definition) is 4. The van der Waals surface area contributed by atoms with E-state index >= 15 is 0 Å². The van der Waals surface area contributed by atoms with Crippen molar-refractivity contribution in [1.82, 2.24) is 10.2 Å². The summed E-state index contributed by atoms with van der Waals surface area (Å²) in [6.07, 6.45) is 0. The minimum atomic E-state index is -4.23. The molecule has 3 aromatic rings. The highest BCUT2D eigenvalue weighted by molar-refractivity contribution is 7.87. The molecule has 9 heteroatoms. The molecule has 34 heavy (non-hydrogen) atoms. The Kier molecular flexibility index (Phi) is 7.56. The molecule has 0 heterocycles. The van der Waals surface area contributed by atoms with Gasteiger partial charge in [-0.05, 0) is 68.8 Å². The Morgan fingerprint density at radius 3 is 2.03 bits per heavy atom. The summed E-state index contributed by atoms with van der Waals surface area (Å²) in [6.45, 7) is 5.70. The number of urea groups is 1. The molecule has 0 atom stereocenters. The third kappa shape index (κ3) is 7.02. The third-order valence-electron chi connectivity index (χ3n) is 4.69. The predicted molar refractivity (Wildman–Crippen MR) is 125 cm³/mol. The van der Waals surface area contributed by atoms with Crippen LogP contribution in [-0.2, 0) is 23.2 Å². The quantitative estimate of drug-likeness (QED) is 0.462. The molecule has 0 aliphatic carbocycles. The van der Waals surface area contributed by atoms with Gasteiger partial charge >= 0.3 is 16.1 Å². The van der Waals surface area contributed by atoms with Crippen LogP contribution in [0.5, 0.6) is 5.75 Å². The van der Waals surface area contributed by atoms with Crippen LogP contribution in [0.2, 0.25) is 0 Å². The number of carbonyl (C=O) groups excluding carboxylic acids is 1. The normalized spacial score (nSPS) is 11.7. The Hall–Kier alpha value is -3.46. The summed E-state index contributed by atoms with van der Waals surface area (Å²) in [5.74, 6) is -0.917. The Balaban J connectivity index is 1.89. The zero-order valence-corrected chi connectivity index (χ0v) is 19.9. The molecule has 2 amide bonds. The Bertz CT molecular complexity index is 1240. The lowest BCUT2D eigenvalue weighted by Gasteiger charge is -2.29. The highest BCUT2D eigenvalue weighted by Crippen LogP contribution is 2.25. The van der Waals surface area contributed by atoms with Gasteiger partial charge in [-0.25, -0.2) is 13.6 Å². The first-order valence-electron chi connectivity index (χ1n) is 10.5. The van der Waals surface area contributed by atoms with Gasteiger partial charge in [0.05, 0.1) is 6.54 Å². The van der Waals surface area contributed by atoms with Crippen LogP contribution >= 0.6 is 0 Å². The summed E-state index contributed by atoms with van der Waals surface area (Å²) in [4.78, 5) is 14.3. The molecule has 0 aliphatic heterocycles. The van der Waals surface area contributed by atoms with Crippen molar-refractivity contribution in [1.29, 1.82) is 0 Å². The van der Waals surface area contributed by atoms with Crippen molar-refractivity contribution in [2.45, 2.75) is 44.3 Å². The maximum Gasteiger partial charge on any atom is 0.339 e. The molecular formula is C25H26F2N2O4S. The lowest BCUT2D eigenvalue weighted by atomic mass is 10.1. The highest BCUT2D eigenvalue weighted by Gasteiger charge is 2.23. The van der Waals surface area contributed by atoms with E-state index in [9.17, 15) is 22.0 Å². The third-order valence-corrected chi connectivity index (χ3v) is 5.94. The Morgan fingerprint density at radius 1 is 0.882 bits per heavy atom. The average Bonchev–Trinajstić information content (AvgIpc) is 2.75. The largest absolute Gasteiger partial charge is 0.379 e. The van der Waals surface area contributed by atoms with Gasteiger partial charge in [0, 0.05) is 17.6 Å². The summed E-state index contributed by atoms with van der Waals surface area (Å²) < 4.78 is 57.3. The number of nitrogens with one attached hydrogen (secondary N) is 1. The van der Waals surface area contributed by atoms with E-state index in [-0.39, 0.29) is 35.6 Å². The van der Waals surface area contributed by atoms with Crippen molar-refractivity contribution in [2.75, 3.05) is 0 Å². The first-order valence-corrected chi connectivity index (χ1v) is 11.9. The van der Waals surface area contributed by atoms with Crippen molar-refractivity contribution in [3.05, 3.63) is 95.6 Å². The number of carbonyl (C=O) groups is 1. The molecule has 180 valence electrons. The topological polar surface area (TPSA) is 75.7 Å². The number of benzene rings is 3.